The zero-order chi connectivity index (χ0) is 16.8. The number of hydrogen-bond acceptors (Lipinski definition) is 4. The predicted molar refractivity (Wildman–Crippen MR) is 93.0 cm³/mol. The molecule has 0 radical (unpaired) electrons. The van der Waals surface area contributed by atoms with E-state index in [1.807, 2.05) is 31.2 Å². The molecule has 0 atom stereocenters. The Hall–Kier alpha value is -2.34. The lowest BCUT2D eigenvalue weighted by molar-refractivity contribution is -0.384. The van der Waals surface area contributed by atoms with E-state index in [2.05, 4.69) is 5.32 Å². The molecule has 5 nitrogen and oxygen atoms in total. The van der Waals surface area contributed by atoms with Crippen LogP contribution in [-0.2, 0) is 4.79 Å². The van der Waals surface area contributed by atoms with Gasteiger partial charge in [-0.3, -0.25) is 14.9 Å². The van der Waals surface area contributed by atoms with Crippen LogP contribution in [0, 0.1) is 24.0 Å². The number of amides is 1. The molecule has 0 bridgehead atoms. The van der Waals surface area contributed by atoms with Crippen molar-refractivity contribution in [2.75, 3.05) is 11.1 Å². The maximum absolute atomic E-state index is 12.0. The molecule has 0 fully saturated rings. The fourth-order valence-electron chi connectivity index (χ4n) is 1.97. The number of nitrogens with one attached hydrogen (secondary N) is 1. The predicted octanol–water partition coefficient (Wildman–Crippen LogP) is 4.33. The molecule has 0 saturated carbocycles. The van der Waals surface area contributed by atoms with E-state index in [1.165, 1.54) is 17.7 Å². The van der Waals surface area contributed by atoms with Gasteiger partial charge in [-0.25, -0.2) is 0 Å². The maximum Gasteiger partial charge on any atom is 0.271 e. The summed E-state index contributed by atoms with van der Waals surface area (Å²) >= 11 is 1.61. The summed E-state index contributed by atoms with van der Waals surface area (Å²) in [5, 5.41) is 13.5. The number of nitro groups is 1. The van der Waals surface area contributed by atoms with E-state index < -0.39 is 4.92 Å². The topological polar surface area (TPSA) is 72.2 Å². The van der Waals surface area contributed by atoms with Gasteiger partial charge in [-0.1, -0.05) is 23.8 Å². The number of hydrogen-bond donors (Lipinski definition) is 1. The molecule has 0 unspecified atom stereocenters. The lowest BCUT2D eigenvalue weighted by Crippen LogP contribution is -2.13. The maximum atomic E-state index is 12.0. The van der Waals surface area contributed by atoms with Crippen molar-refractivity contribution in [2.45, 2.75) is 25.2 Å². The molecule has 0 aromatic heterocycles. The molecule has 1 amide bonds. The van der Waals surface area contributed by atoms with Crippen molar-refractivity contribution in [3.8, 4) is 0 Å². The third kappa shape index (κ3) is 5.10. The monoisotopic (exact) mass is 330 g/mol. The number of nitro benzene ring substituents is 1. The van der Waals surface area contributed by atoms with E-state index in [-0.39, 0.29) is 11.6 Å². The molecule has 120 valence electrons. The first-order chi connectivity index (χ1) is 11.0. The summed E-state index contributed by atoms with van der Waals surface area (Å²) in [5.74, 6) is 0.510. The molecule has 2 aromatic carbocycles. The van der Waals surface area contributed by atoms with E-state index in [0.29, 0.717) is 17.9 Å². The molecule has 0 heterocycles. The highest BCUT2D eigenvalue weighted by Gasteiger charge is 2.11. The largest absolute Gasteiger partial charge is 0.326 e. The second-order valence-corrected chi connectivity index (χ2v) is 6.38. The molecule has 6 heteroatoms. The molecule has 2 aromatic rings. The Morgan fingerprint density at radius 2 is 1.87 bits per heavy atom. The normalized spacial score (nSPS) is 10.3. The number of aryl methyl sites for hydroxylation is 2. The third-order valence-electron chi connectivity index (χ3n) is 3.32. The van der Waals surface area contributed by atoms with Gasteiger partial charge in [0.05, 0.1) is 10.6 Å². The lowest BCUT2D eigenvalue weighted by atomic mass is 10.2. The van der Waals surface area contributed by atoms with Crippen LogP contribution < -0.4 is 5.32 Å². The number of carbonyl (C=O) groups excluding carboxylic acids is 1. The van der Waals surface area contributed by atoms with Gasteiger partial charge in [0.15, 0.2) is 0 Å². The molecule has 0 spiro atoms. The number of non-ortho nitro benzene ring substituents is 1. The molecule has 2 rings (SSSR count). The molecule has 0 aliphatic carbocycles. The van der Waals surface area contributed by atoms with Crippen LogP contribution in [0.3, 0.4) is 0 Å². The molecule has 0 aliphatic rings. The number of rotatable bonds is 6. The van der Waals surface area contributed by atoms with E-state index in [4.69, 9.17) is 0 Å². The fraction of sp³-hybridized carbons (Fsp3) is 0.235. The van der Waals surface area contributed by atoms with Gasteiger partial charge in [0, 0.05) is 29.2 Å². The number of carbonyl (C=O) groups is 1. The number of benzene rings is 2. The van der Waals surface area contributed by atoms with Crippen LogP contribution in [-0.4, -0.2) is 16.6 Å². The molecular weight excluding hydrogens is 312 g/mol. The summed E-state index contributed by atoms with van der Waals surface area (Å²) in [6.07, 6.45) is 0.348. The average molecular weight is 330 g/mol. The molecule has 23 heavy (non-hydrogen) atoms. The summed E-state index contributed by atoms with van der Waals surface area (Å²) in [7, 11) is 0. The van der Waals surface area contributed by atoms with Crippen LogP contribution in [0.25, 0.3) is 0 Å². The van der Waals surface area contributed by atoms with Crippen molar-refractivity contribution in [1.82, 2.24) is 0 Å². The highest BCUT2D eigenvalue weighted by atomic mass is 32.2. The van der Waals surface area contributed by atoms with Gasteiger partial charge >= 0.3 is 0 Å². The number of nitrogens with zero attached hydrogens (tertiary/aromatic N) is 1. The van der Waals surface area contributed by atoms with Gasteiger partial charge in [-0.05, 0) is 31.5 Å². The van der Waals surface area contributed by atoms with Crippen molar-refractivity contribution in [2.24, 2.45) is 0 Å². The summed E-state index contributed by atoms with van der Waals surface area (Å²) < 4.78 is 0. The van der Waals surface area contributed by atoms with Gasteiger partial charge in [-0.15, -0.1) is 11.8 Å². The zero-order valence-electron chi connectivity index (χ0n) is 13.0. The van der Waals surface area contributed by atoms with Crippen LogP contribution in [0.2, 0.25) is 0 Å². The minimum atomic E-state index is -0.470. The standard InChI is InChI=1S/C17H18N2O3S/c1-12-3-7-15(8-4-12)23-10-9-17(20)18-16-11-14(19(21)22)6-5-13(16)2/h3-8,11H,9-10H2,1-2H3,(H,18,20). The van der Waals surface area contributed by atoms with Gasteiger partial charge in [0.2, 0.25) is 5.91 Å². The van der Waals surface area contributed by atoms with E-state index >= 15 is 0 Å². The summed E-state index contributed by atoms with van der Waals surface area (Å²) in [4.78, 5) is 23.4. The van der Waals surface area contributed by atoms with Crippen LogP contribution in [0.4, 0.5) is 11.4 Å². The first-order valence-electron chi connectivity index (χ1n) is 7.20. The summed E-state index contributed by atoms with van der Waals surface area (Å²) in [5.41, 5.74) is 2.47. The Kier molecular flexibility index (Phi) is 5.76. The van der Waals surface area contributed by atoms with Gasteiger partial charge < -0.3 is 5.32 Å². The second kappa shape index (κ2) is 7.78. The Morgan fingerprint density at radius 1 is 1.17 bits per heavy atom. The van der Waals surface area contributed by atoms with E-state index in [0.717, 1.165) is 10.5 Å². The van der Waals surface area contributed by atoms with Crippen LogP contribution in [0.15, 0.2) is 47.4 Å². The Morgan fingerprint density at radius 3 is 2.52 bits per heavy atom. The molecule has 0 aliphatic heterocycles. The Labute approximate surface area is 139 Å². The average Bonchev–Trinajstić information content (AvgIpc) is 2.51. The molecule has 1 N–H and O–H groups in total. The SMILES string of the molecule is Cc1ccc(SCCC(=O)Nc2cc([N+](=O)[O-])ccc2C)cc1. The van der Waals surface area contributed by atoms with Gasteiger partial charge in [-0.2, -0.15) is 0 Å². The smallest absolute Gasteiger partial charge is 0.271 e. The summed E-state index contributed by atoms with van der Waals surface area (Å²) in [6, 6.07) is 12.6. The molecular formula is C17H18N2O3S. The first kappa shape index (κ1) is 17.0. The zero-order valence-corrected chi connectivity index (χ0v) is 13.9. The van der Waals surface area contributed by atoms with Crippen LogP contribution in [0.1, 0.15) is 17.5 Å². The first-order valence-corrected chi connectivity index (χ1v) is 8.18. The Bertz CT molecular complexity index is 714. The van der Waals surface area contributed by atoms with Gasteiger partial charge in [0.25, 0.3) is 5.69 Å². The number of thioether (sulfide) groups is 1. The molecule has 0 saturated heterocycles. The van der Waals surface area contributed by atoms with Crippen molar-refractivity contribution < 1.29 is 9.72 Å². The van der Waals surface area contributed by atoms with Crippen molar-refractivity contribution in [3.63, 3.8) is 0 Å². The highest BCUT2D eigenvalue weighted by molar-refractivity contribution is 7.99. The van der Waals surface area contributed by atoms with E-state index in [9.17, 15) is 14.9 Å². The van der Waals surface area contributed by atoms with Crippen molar-refractivity contribution in [1.29, 1.82) is 0 Å². The van der Waals surface area contributed by atoms with Crippen molar-refractivity contribution >= 4 is 29.0 Å². The van der Waals surface area contributed by atoms with Crippen molar-refractivity contribution in [3.05, 3.63) is 63.7 Å². The quantitative estimate of drug-likeness (QED) is 0.486. The lowest BCUT2D eigenvalue weighted by Gasteiger charge is -2.08. The highest BCUT2D eigenvalue weighted by Crippen LogP contribution is 2.23. The minimum absolute atomic E-state index is 0.0278. The van der Waals surface area contributed by atoms with Crippen LogP contribution in [0.5, 0.6) is 0 Å². The van der Waals surface area contributed by atoms with E-state index in [1.54, 1.807) is 24.8 Å². The minimum Gasteiger partial charge on any atom is -0.326 e. The summed E-state index contributed by atoms with van der Waals surface area (Å²) in [6.45, 7) is 3.84. The number of anilines is 1. The third-order valence-corrected chi connectivity index (χ3v) is 4.34. The Balaban J connectivity index is 1.88. The second-order valence-electron chi connectivity index (χ2n) is 5.22. The van der Waals surface area contributed by atoms with Crippen LogP contribution >= 0.6 is 11.8 Å². The van der Waals surface area contributed by atoms with Gasteiger partial charge in [0.1, 0.15) is 0 Å². The fourth-order valence-corrected chi connectivity index (χ4v) is 2.82.